The first-order valence-electron chi connectivity index (χ1n) is 9.68. The number of aliphatic hydroxyl groups excluding tert-OH is 1. The third kappa shape index (κ3) is 5.19. The average Bonchev–Trinajstić information content (AvgIpc) is 2.68. The number of carbonyl (C=O) groups excluding carboxylic acids is 1. The molecule has 0 radical (unpaired) electrons. The maximum Gasteiger partial charge on any atom is 0.244 e. The number of aliphatic hydroxyl groups is 1. The lowest BCUT2D eigenvalue weighted by Gasteiger charge is -2.31. The van der Waals surface area contributed by atoms with Crippen LogP contribution in [0.15, 0.2) is 23.1 Å². The summed E-state index contributed by atoms with van der Waals surface area (Å²) in [5.41, 5.74) is 0. The molecule has 1 amide bonds. The lowest BCUT2D eigenvalue weighted by atomic mass is 9.87. The number of halogens is 2. The van der Waals surface area contributed by atoms with E-state index in [4.69, 9.17) is 23.2 Å². The molecule has 0 unspecified atom stereocenters. The van der Waals surface area contributed by atoms with Crippen LogP contribution >= 0.6 is 23.2 Å². The predicted octanol–water partition coefficient (Wildman–Crippen LogP) is 3.06. The first-order chi connectivity index (χ1) is 13.3. The number of nitrogens with one attached hydrogen (secondary N) is 1. The van der Waals surface area contributed by atoms with Crippen LogP contribution in [-0.4, -0.2) is 49.5 Å². The minimum Gasteiger partial charge on any atom is -0.393 e. The number of sulfonamides is 1. The molecule has 28 heavy (non-hydrogen) atoms. The molecule has 1 aliphatic carbocycles. The third-order valence-electron chi connectivity index (χ3n) is 5.66. The van der Waals surface area contributed by atoms with E-state index in [1.54, 1.807) is 6.07 Å². The number of piperidine rings is 1. The molecule has 2 atom stereocenters. The second-order valence-corrected chi connectivity index (χ2v) is 10.4. The highest BCUT2D eigenvalue weighted by Gasteiger charge is 2.33. The molecule has 156 valence electrons. The van der Waals surface area contributed by atoms with Gasteiger partial charge in [-0.3, -0.25) is 4.79 Å². The molecule has 6 nitrogen and oxygen atoms in total. The van der Waals surface area contributed by atoms with Crippen LogP contribution in [0.3, 0.4) is 0 Å². The summed E-state index contributed by atoms with van der Waals surface area (Å²) >= 11 is 12.0. The molecule has 1 aliphatic heterocycles. The number of rotatable bonds is 5. The van der Waals surface area contributed by atoms with Crippen LogP contribution in [0.5, 0.6) is 0 Å². The molecule has 0 bridgehead atoms. The first kappa shape index (κ1) is 21.8. The van der Waals surface area contributed by atoms with Gasteiger partial charge in [0.2, 0.25) is 15.9 Å². The minimum atomic E-state index is -3.74. The number of nitrogens with zero attached hydrogens (tertiary/aromatic N) is 1. The standard InChI is InChI=1S/C19H26Cl2N2O4S/c20-15-4-5-17(21)18(11-15)28(26,27)23-8-6-14(7-9-23)19(25)22-12-13-2-1-3-16(24)10-13/h4-5,11,13-14,16,24H,1-3,6-10,12H2,(H,22,25)/t13-,16+/m0/s1. The van der Waals surface area contributed by atoms with Gasteiger partial charge in [0.05, 0.1) is 11.1 Å². The van der Waals surface area contributed by atoms with Crippen LogP contribution in [0.4, 0.5) is 0 Å². The molecular formula is C19H26Cl2N2O4S. The molecule has 1 aromatic rings. The highest BCUT2D eigenvalue weighted by atomic mass is 35.5. The number of hydrogen-bond acceptors (Lipinski definition) is 4. The van der Waals surface area contributed by atoms with E-state index in [9.17, 15) is 18.3 Å². The Hall–Kier alpha value is -0.860. The summed E-state index contributed by atoms with van der Waals surface area (Å²) in [6.45, 7) is 1.11. The minimum absolute atomic E-state index is 0.000393. The van der Waals surface area contributed by atoms with Gasteiger partial charge in [0, 0.05) is 30.6 Å². The summed E-state index contributed by atoms with van der Waals surface area (Å²) in [5.74, 6) is 0.0887. The molecule has 1 saturated heterocycles. The Bertz CT molecular complexity index is 810. The van der Waals surface area contributed by atoms with Crippen molar-refractivity contribution in [1.29, 1.82) is 0 Å². The zero-order chi connectivity index (χ0) is 20.3. The van der Waals surface area contributed by atoms with Crippen LogP contribution in [0.1, 0.15) is 38.5 Å². The van der Waals surface area contributed by atoms with Gasteiger partial charge in [0.1, 0.15) is 4.90 Å². The van der Waals surface area contributed by atoms with Gasteiger partial charge >= 0.3 is 0 Å². The third-order valence-corrected chi connectivity index (χ3v) is 8.27. The summed E-state index contributed by atoms with van der Waals surface area (Å²) in [7, 11) is -3.74. The summed E-state index contributed by atoms with van der Waals surface area (Å²) < 4.78 is 27.1. The number of amides is 1. The molecule has 0 spiro atoms. The van der Waals surface area contributed by atoms with Crippen LogP contribution < -0.4 is 5.32 Å². The molecule has 1 aromatic carbocycles. The van der Waals surface area contributed by atoms with Crippen LogP contribution in [0, 0.1) is 11.8 Å². The topological polar surface area (TPSA) is 86.7 Å². The molecule has 3 rings (SSSR count). The summed E-state index contributed by atoms with van der Waals surface area (Å²) in [6, 6.07) is 4.38. The summed E-state index contributed by atoms with van der Waals surface area (Å²) in [6.07, 6.45) is 4.26. The number of carbonyl (C=O) groups is 1. The fourth-order valence-electron chi connectivity index (χ4n) is 4.01. The average molecular weight is 449 g/mol. The highest BCUT2D eigenvalue weighted by molar-refractivity contribution is 7.89. The molecule has 2 aliphatic rings. The predicted molar refractivity (Wildman–Crippen MR) is 109 cm³/mol. The normalized spacial score (nSPS) is 24.8. The van der Waals surface area contributed by atoms with Crippen molar-refractivity contribution in [3.63, 3.8) is 0 Å². The van der Waals surface area contributed by atoms with Crippen molar-refractivity contribution in [2.45, 2.75) is 49.5 Å². The summed E-state index contributed by atoms with van der Waals surface area (Å²) in [4.78, 5) is 12.5. The largest absolute Gasteiger partial charge is 0.393 e. The zero-order valence-electron chi connectivity index (χ0n) is 15.6. The molecule has 1 saturated carbocycles. The van der Waals surface area contributed by atoms with Gasteiger partial charge < -0.3 is 10.4 Å². The van der Waals surface area contributed by atoms with Gasteiger partial charge in [-0.25, -0.2) is 8.42 Å². The van der Waals surface area contributed by atoms with E-state index in [1.165, 1.54) is 16.4 Å². The lowest BCUT2D eigenvalue weighted by molar-refractivity contribution is -0.126. The molecule has 1 heterocycles. The van der Waals surface area contributed by atoms with E-state index in [-0.39, 0.29) is 40.9 Å². The van der Waals surface area contributed by atoms with Crippen molar-refractivity contribution in [2.24, 2.45) is 11.8 Å². The van der Waals surface area contributed by atoms with Crippen molar-refractivity contribution in [1.82, 2.24) is 9.62 Å². The Morgan fingerprint density at radius 2 is 1.89 bits per heavy atom. The molecule has 2 N–H and O–H groups in total. The van der Waals surface area contributed by atoms with Gasteiger partial charge in [-0.05, 0) is 56.2 Å². The Labute approximate surface area is 176 Å². The monoisotopic (exact) mass is 448 g/mol. The van der Waals surface area contributed by atoms with Gasteiger partial charge in [-0.1, -0.05) is 29.6 Å². The van der Waals surface area contributed by atoms with Crippen molar-refractivity contribution >= 4 is 39.1 Å². The smallest absolute Gasteiger partial charge is 0.244 e. The highest BCUT2D eigenvalue weighted by Crippen LogP contribution is 2.30. The Morgan fingerprint density at radius 3 is 2.57 bits per heavy atom. The molecule has 0 aromatic heterocycles. The second kappa shape index (κ2) is 9.30. The zero-order valence-corrected chi connectivity index (χ0v) is 17.9. The maximum atomic E-state index is 12.9. The van der Waals surface area contributed by atoms with Crippen molar-refractivity contribution in [3.05, 3.63) is 28.2 Å². The molecular weight excluding hydrogens is 423 g/mol. The maximum absolute atomic E-state index is 12.9. The SMILES string of the molecule is O=C(NC[C@H]1CCC[C@@H](O)C1)C1CCN(S(=O)(=O)c2cc(Cl)ccc2Cl)CC1. The fourth-order valence-corrected chi connectivity index (χ4v) is 6.22. The van der Waals surface area contributed by atoms with Gasteiger partial charge in [0.15, 0.2) is 0 Å². The van der Waals surface area contributed by atoms with E-state index in [1.807, 2.05) is 0 Å². The van der Waals surface area contributed by atoms with Crippen LogP contribution in [0.25, 0.3) is 0 Å². The Balaban J connectivity index is 1.53. The van der Waals surface area contributed by atoms with Crippen LogP contribution in [-0.2, 0) is 14.8 Å². The van der Waals surface area contributed by atoms with Crippen molar-refractivity contribution < 1.29 is 18.3 Å². The Morgan fingerprint density at radius 1 is 1.18 bits per heavy atom. The molecule has 9 heteroatoms. The van der Waals surface area contributed by atoms with E-state index in [0.717, 1.165) is 25.7 Å². The summed E-state index contributed by atoms with van der Waals surface area (Å²) in [5, 5.41) is 13.2. The van der Waals surface area contributed by atoms with Crippen molar-refractivity contribution in [3.8, 4) is 0 Å². The first-order valence-corrected chi connectivity index (χ1v) is 11.9. The quantitative estimate of drug-likeness (QED) is 0.724. The van der Waals surface area contributed by atoms with Gasteiger partial charge in [-0.2, -0.15) is 4.31 Å². The number of hydrogen-bond donors (Lipinski definition) is 2. The van der Waals surface area contributed by atoms with E-state index >= 15 is 0 Å². The fraction of sp³-hybridized carbons (Fsp3) is 0.632. The van der Waals surface area contributed by atoms with Crippen LogP contribution in [0.2, 0.25) is 10.0 Å². The van der Waals surface area contributed by atoms with E-state index in [2.05, 4.69) is 5.32 Å². The van der Waals surface area contributed by atoms with Crippen molar-refractivity contribution in [2.75, 3.05) is 19.6 Å². The van der Waals surface area contributed by atoms with E-state index in [0.29, 0.717) is 30.3 Å². The van der Waals surface area contributed by atoms with E-state index < -0.39 is 10.0 Å². The molecule has 2 fully saturated rings. The van der Waals surface area contributed by atoms with Gasteiger partial charge in [-0.15, -0.1) is 0 Å². The lowest BCUT2D eigenvalue weighted by Crippen LogP contribution is -2.44. The van der Waals surface area contributed by atoms with Gasteiger partial charge in [0.25, 0.3) is 0 Å². The number of benzene rings is 1. The Kier molecular flexibility index (Phi) is 7.26. The second-order valence-electron chi connectivity index (χ2n) is 7.68.